The number of carbonyl (C=O) groups is 2. The van der Waals surface area contributed by atoms with E-state index in [2.05, 4.69) is 5.32 Å². The normalized spacial score (nSPS) is 16.3. The minimum atomic E-state index is -0.720. The van der Waals surface area contributed by atoms with Gasteiger partial charge in [-0.25, -0.2) is 9.59 Å². The molecule has 2 aromatic carbocycles. The topological polar surface area (TPSA) is 67.9 Å². The molecule has 0 saturated heterocycles. The Morgan fingerprint density at radius 2 is 1.90 bits per heavy atom. The quantitative estimate of drug-likeness (QED) is 0.606. The van der Waals surface area contributed by atoms with Crippen LogP contribution in [0.5, 0.6) is 5.75 Å². The van der Waals surface area contributed by atoms with Gasteiger partial charge >= 0.3 is 12.0 Å². The monoisotopic (exact) mass is 448 g/mol. The summed E-state index contributed by atoms with van der Waals surface area (Å²) in [5, 5.41) is 3.81. The van der Waals surface area contributed by atoms with E-state index in [4.69, 9.17) is 32.7 Å². The molecule has 1 atom stereocenters. The van der Waals surface area contributed by atoms with Crippen LogP contribution in [0, 0.1) is 0 Å². The largest absolute Gasteiger partial charge is 0.486 e. The third-order valence-corrected chi connectivity index (χ3v) is 5.18. The van der Waals surface area contributed by atoms with Gasteiger partial charge in [-0.1, -0.05) is 47.5 Å². The summed E-state index contributed by atoms with van der Waals surface area (Å²) in [5.41, 5.74) is 1.39. The van der Waals surface area contributed by atoms with E-state index in [1.165, 1.54) is 4.90 Å². The molecule has 0 aromatic heterocycles. The van der Waals surface area contributed by atoms with Crippen molar-refractivity contribution in [2.75, 3.05) is 19.8 Å². The van der Waals surface area contributed by atoms with Gasteiger partial charge in [-0.15, -0.1) is 0 Å². The van der Waals surface area contributed by atoms with Gasteiger partial charge in [-0.2, -0.15) is 0 Å². The fourth-order valence-corrected chi connectivity index (χ4v) is 3.68. The zero-order valence-electron chi connectivity index (χ0n) is 16.7. The van der Waals surface area contributed by atoms with Crippen LogP contribution in [0.25, 0.3) is 0 Å². The summed E-state index contributed by atoms with van der Waals surface area (Å²) in [6.45, 7) is 4.06. The van der Waals surface area contributed by atoms with Crippen molar-refractivity contribution in [3.8, 4) is 5.75 Å². The lowest BCUT2D eigenvalue weighted by molar-refractivity contribution is -0.139. The first-order chi connectivity index (χ1) is 14.5. The molecular formula is C22H22Cl2N2O4. The fraction of sp³-hybridized carbons (Fsp3) is 0.273. The highest BCUT2D eigenvalue weighted by Crippen LogP contribution is 2.33. The Labute approximate surface area is 185 Å². The van der Waals surface area contributed by atoms with Gasteiger partial charge in [0.25, 0.3) is 0 Å². The number of rotatable bonds is 7. The van der Waals surface area contributed by atoms with Gasteiger partial charge in [-0.05, 0) is 43.7 Å². The number of halogens is 2. The number of para-hydroxylation sites is 1. The third-order valence-electron chi connectivity index (χ3n) is 4.63. The molecule has 2 aromatic rings. The van der Waals surface area contributed by atoms with Crippen LogP contribution in [0.2, 0.25) is 10.0 Å². The molecule has 1 aliphatic rings. The summed E-state index contributed by atoms with van der Waals surface area (Å²) in [7, 11) is 0. The van der Waals surface area contributed by atoms with Crippen LogP contribution < -0.4 is 10.1 Å². The van der Waals surface area contributed by atoms with Crippen LogP contribution in [0.3, 0.4) is 0 Å². The average Bonchev–Trinajstić information content (AvgIpc) is 2.72. The number of benzene rings is 2. The molecule has 0 fully saturated rings. The number of likely N-dealkylation sites (N-methyl/N-ethyl adjacent to an activating group) is 1. The first-order valence-electron chi connectivity index (χ1n) is 9.57. The van der Waals surface area contributed by atoms with Crippen molar-refractivity contribution in [3.05, 3.63) is 75.4 Å². The van der Waals surface area contributed by atoms with E-state index in [9.17, 15) is 9.59 Å². The number of ether oxygens (including phenoxy) is 2. The number of hydrogen-bond donors (Lipinski definition) is 1. The number of urea groups is 1. The van der Waals surface area contributed by atoms with Gasteiger partial charge in [-0.3, -0.25) is 4.90 Å². The van der Waals surface area contributed by atoms with E-state index in [1.807, 2.05) is 6.92 Å². The second-order valence-electron chi connectivity index (χ2n) is 6.48. The average molecular weight is 449 g/mol. The third kappa shape index (κ3) is 4.71. The van der Waals surface area contributed by atoms with E-state index in [0.717, 1.165) is 0 Å². The molecule has 30 heavy (non-hydrogen) atoms. The molecular weight excluding hydrogens is 427 g/mol. The fourth-order valence-electron chi connectivity index (χ4n) is 3.29. The maximum absolute atomic E-state index is 13.0. The van der Waals surface area contributed by atoms with Crippen LogP contribution in [0.15, 0.2) is 59.8 Å². The predicted octanol–water partition coefficient (Wildman–Crippen LogP) is 4.98. The molecule has 0 aliphatic carbocycles. The van der Waals surface area contributed by atoms with Gasteiger partial charge in [0.1, 0.15) is 12.4 Å². The summed E-state index contributed by atoms with van der Waals surface area (Å²) >= 11 is 12.3. The molecule has 8 heteroatoms. The van der Waals surface area contributed by atoms with Gasteiger partial charge in [0, 0.05) is 11.6 Å². The molecule has 1 heterocycles. The van der Waals surface area contributed by atoms with Crippen molar-refractivity contribution in [2.24, 2.45) is 0 Å². The van der Waals surface area contributed by atoms with Crippen molar-refractivity contribution in [1.29, 1.82) is 0 Å². The summed E-state index contributed by atoms with van der Waals surface area (Å²) in [5.74, 6) is -0.0742. The smallest absolute Gasteiger partial charge is 0.338 e. The number of nitrogens with zero attached hydrogens (tertiary/aromatic N) is 1. The highest BCUT2D eigenvalue weighted by Gasteiger charge is 2.38. The molecule has 1 N–H and O–H groups in total. The Hall–Kier alpha value is -2.70. The predicted molar refractivity (Wildman–Crippen MR) is 116 cm³/mol. The maximum Gasteiger partial charge on any atom is 0.338 e. The molecule has 0 radical (unpaired) electrons. The minimum absolute atomic E-state index is 0.0315. The highest BCUT2D eigenvalue weighted by molar-refractivity contribution is 6.32. The van der Waals surface area contributed by atoms with Crippen molar-refractivity contribution < 1.29 is 19.1 Å². The van der Waals surface area contributed by atoms with Crippen LogP contribution >= 0.6 is 23.2 Å². The highest BCUT2D eigenvalue weighted by atomic mass is 35.5. The van der Waals surface area contributed by atoms with E-state index in [-0.39, 0.29) is 19.2 Å². The van der Waals surface area contributed by atoms with Gasteiger partial charge in [0.05, 0.1) is 28.9 Å². The van der Waals surface area contributed by atoms with E-state index < -0.39 is 12.0 Å². The Kier molecular flexibility index (Phi) is 7.24. The summed E-state index contributed by atoms with van der Waals surface area (Å²) in [6, 6.07) is 12.9. The van der Waals surface area contributed by atoms with Crippen molar-refractivity contribution in [1.82, 2.24) is 10.2 Å². The molecule has 0 spiro atoms. The summed E-state index contributed by atoms with van der Waals surface area (Å²) in [6.07, 6.45) is 0. The number of nitrogens with one attached hydrogen (secondary N) is 1. The van der Waals surface area contributed by atoms with Crippen molar-refractivity contribution in [3.63, 3.8) is 0 Å². The number of amides is 2. The Morgan fingerprint density at radius 1 is 1.13 bits per heavy atom. The number of carbonyl (C=O) groups excluding carboxylic acids is 2. The molecule has 0 bridgehead atoms. The first-order valence-corrected chi connectivity index (χ1v) is 10.3. The molecule has 1 aliphatic heterocycles. The molecule has 158 valence electrons. The van der Waals surface area contributed by atoms with Crippen molar-refractivity contribution in [2.45, 2.75) is 19.9 Å². The molecule has 0 unspecified atom stereocenters. The summed E-state index contributed by atoms with van der Waals surface area (Å²) in [4.78, 5) is 27.2. The minimum Gasteiger partial charge on any atom is -0.486 e. The van der Waals surface area contributed by atoms with Gasteiger partial charge in [0.15, 0.2) is 0 Å². The maximum atomic E-state index is 13.0. The second kappa shape index (κ2) is 9.87. The molecule has 0 saturated carbocycles. The molecule has 3 rings (SSSR count). The summed E-state index contributed by atoms with van der Waals surface area (Å²) < 4.78 is 11.2. The van der Waals surface area contributed by atoms with Gasteiger partial charge in [0.2, 0.25) is 0 Å². The Balaban J connectivity index is 2.09. The van der Waals surface area contributed by atoms with E-state index in [0.29, 0.717) is 39.2 Å². The zero-order valence-corrected chi connectivity index (χ0v) is 18.2. The standard InChI is InChI=1S/C22H22Cl2N2O4/c1-3-26-17(13-30-18-11-6-5-10-16(18)24)19(21(27)29-4-2)20(25-22(26)28)14-8-7-9-15(23)12-14/h5-12,20H,3-4,13H2,1-2H3,(H,25,28)/t20-/m1/s1. The van der Waals surface area contributed by atoms with Crippen LogP contribution in [0.1, 0.15) is 25.5 Å². The molecule has 6 nitrogen and oxygen atoms in total. The van der Waals surface area contributed by atoms with E-state index >= 15 is 0 Å². The van der Waals surface area contributed by atoms with E-state index in [1.54, 1.807) is 55.5 Å². The zero-order chi connectivity index (χ0) is 21.7. The lowest BCUT2D eigenvalue weighted by Gasteiger charge is -2.36. The number of hydrogen-bond acceptors (Lipinski definition) is 4. The Bertz CT molecular complexity index is 977. The van der Waals surface area contributed by atoms with Crippen molar-refractivity contribution >= 4 is 35.2 Å². The van der Waals surface area contributed by atoms with Gasteiger partial charge < -0.3 is 14.8 Å². The lowest BCUT2D eigenvalue weighted by Crippen LogP contribution is -2.49. The second-order valence-corrected chi connectivity index (χ2v) is 7.33. The Morgan fingerprint density at radius 3 is 2.57 bits per heavy atom. The number of esters is 1. The lowest BCUT2D eigenvalue weighted by atomic mass is 9.94. The van der Waals surface area contributed by atoms with Crippen LogP contribution in [-0.2, 0) is 9.53 Å². The SMILES string of the molecule is CCOC(=O)C1=C(COc2ccccc2Cl)N(CC)C(=O)N[C@@H]1c1cccc(Cl)c1. The van der Waals surface area contributed by atoms with Crippen LogP contribution in [-0.4, -0.2) is 36.7 Å². The first kappa shape index (κ1) is 22.0. The van der Waals surface area contributed by atoms with Crippen LogP contribution in [0.4, 0.5) is 4.79 Å². The molecule has 2 amide bonds.